The van der Waals surface area contributed by atoms with Gasteiger partial charge in [-0.15, -0.1) is 0 Å². The SMILES string of the molecule is COc1ncc(OC)c(-c2ccc(C(F)(F)F)cc2CN(Cc2cc(C(F)(F)F)cc(C(F)(F)F)c2)c2ncc(OCCCC(=O)O)cn2)n1. The highest BCUT2D eigenvalue weighted by Crippen LogP contribution is 2.39. The normalized spacial score (nSPS) is 12.1. The Balaban J connectivity index is 1.86. The van der Waals surface area contributed by atoms with E-state index in [2.05, 4.69) is 19.9 Å². The first-order chi connectivity index (χ1) is 23.4. The van der Waals surface area contributed by atoms with Crippen LogP contribution in [-0.2, 0) is 36.4 Å². The third kappa shape index (κ3) is 9.63. The van der Waals surface area contributed by atoms with E-state index in [1.54, 1.807) is 0 Å². The van der Waals surface area contributed by atoms with Crippen LogP contribution in [0.4, 0.5) is 45.5 Å². The van der Waals surface area contributed by atoms with E-state index in [0.717, 1.165) is 35.5 Å². The van der Waals surface area contributed by atoms with E-state index in [1.807, 2.05) is 0 Å². The number of benzene rings is 2. The van der Waals surface area contributed by atoms with Crippen molar-refractivity contribution in [3.63, 3.8) is 0 Å². The monoisotopic (exact) mass is 719 g/mol. The van der Waals surface area contributed by atoms with E-state index < -0.39 is 59.8 Å². The zero-order valence-electron chi connectivity index (χ0n) is 25.9. The average Bonchev–Trinajstić information content (AvgIpc) is 3.05. The molecule has 0 fully saturated rings. The van der Waals surface area contributed by atoms with Gasteiger partial charge < -0.3 is 24.2 Å². The summed E-state index contributed by atoms with van der Waals surface area (Å²) in [4.78, 5) is 28.1. The lowest BCUT2D eigenvalue weighted by Crippen LogP contribution is -2.26. The number of hydrogen-bond donors (Lipinski definition) is 1. The maximum absolute atomic E-state index is 13.9. The molecule has 0 atom stereocenters. The maximum Gasteiger partial charge on any atom is 0.416 e. The topological polar surface area (TPSA) is 120 Å². The van der Waals surface area contributed by atoms with E-state index in [-0.39, 0.29) is 65.8 Å². The van der Waals surface area contributed by atoms with Crippen molar-refractivity contribution in [1.29, 1.82) is 0 Å². The van der Waals surface area contributed by atoms with Crippen LogP contribution in [-0.4, -0.2) is 51.8 Å². The van der Waals surface area contributed by atoms with E-state index in [1.165, 1.54) is 20.4 Å². The molecule has 0 radical (unpaired) electrons. The van der Waals surface area contributed by atoms with Crippen LogP contribution in [0.1, 0.15) is 40.7 Å². The first-order valence-corrected chi connectivity index (χ1v) is 14.2. The summed E-state index contributed by atoms with van der Waals surface area (Å²) < 4.78 is 140. The Bertz CT molecular complexity index is 1770. The molecule has 4 rings (SSSR count). The number of aliphatic carboxylic acids is 1. The van der Waals surface area contributed by atoms with Gasteiger partial charge in [0.15, 0.2) is 11.5 Å². The molecule has 0 spiro atoms. The lowest BCUT2D eigenvalue weighted by atomic mass is 9.99. The molecule has 0 saturated heterocycles. The van der Waals surface area contributed by atoms with Crippen molar-refractivity contribution in [2.24, 2.45) is 0 Å². The fourth-order valence-corrected chi connectivity index (χ4v) is 4.62. The van der Waals surface area contributed by atoms with Crippen molar-refractivity contribution >= 4 is 11.9 Å². The quantitative estimate of drug-likeness (QED) is 0.110. The minimum absolute atomic E-state index is 0.00621. The van der Waals surface area contributed by atoms with Gasteiger partial charge in [-0.3, -0.25) is 4.79 Å². The van der Waals surface area contributed by atoms with Crippen LogP contribution < -0.4 is 19.1 Å². The number of nitrogens with zero attached hydrogens (tertiary/aromatic N) is 5. The average molecular weight is 720 g/mol. The van der Waals surface area contributed by atoms with E-state index in [0.29, 0.717) is 12.1 Å². The molecule has 0 aliphatic heterocycles. The van der Waals surface area contributed by atoms with Gasteiger partial charge in [0.05, 0.1) is 56.1 Å². The van der Waals surface area contributed by atoms with E-state index in [9.17, 15) is 44.3 Å². The highest BCUT2D eigenvalue weighted by atomic mass is 19.4. The first-order valence-electron chi connectivity index (χ1n) is 14.2. The molecule has 2 heterocycles. The Hall–Kier alpha value is -5.36. The number of hydrogen-bond acceptors (Lipinski definition) is 9. The summed E-state index contributed by atoms with van der Waals surface area (Å²) in [6, 6.07) is 3.29. The highest BCUT2D eigenvalue weighted by Gasteiger charge is 2.37. The summed E-state index contributed by atoms with van der Waals surface area (Å²) in [6.45, 7) is -1.40. The van der Waals surface area contributed by atoms with E-state index >= 15 is 0 Å². The molecule has 2 aromatic heterocycles. The molecule has 0 bridgehead atoms. The fourth-order valence-electron chi connectivity index (χ4n) is 4.62. The Labute approximate surface area is 277 Å². The molecule has 1 N–H and O–H groups in total. The fraction of sp³-hybridized carbons (Fsp3) is 0.323. The summed E-state index contributed by atoms with van der Waals surface area (Å²) in [5, 5.41) is 8.79. The lowest BCUT2D eigenvalue weighted by molar-refractivity contribution is -0.143. The van der Waals surface area contributed by atoms with Gasteiger partial charge in [-0.05, 0) is 47.9 Å². The number of methoxy groups -OCH3 is 2. The Morgan fingerprint density at radius 3 is 1.94 bits per heavy atom. The highest BCUT2D eigenvalue weighted by molar-refractivity contribution is 5.71. The lowest BCUT2D eigenvalue weighted by Gasteiger charge is -2.26. The number of carboxylic acid groups (broad SMARTS) is 1. The van der Waals surface area contributed by atoms with Crippen molar-refractivity contribution in [2.45, 2.75) is 44.5 Å². The molecule has 268 valence electrons. The van der Waals surface area contributed by atoms with Gasteiger partial charge in [0.1, 0.15) is 5.69 Å². The van der Waals surface area contributed by atoms with Crippen molar-refractivity contribution in [1.82, 2.24) is 19.9 Å². The molecule has 2 aromatic carbocycles. The minimum Gasteiger partial charge on any atom is -0.493 e. The number of alkyl halides is 9. The predicted octanol–water partition coefficient (Wildman–Crippen LogP) is 7.46. The zero-order chi connectivity index (χ0) is 36.9. The van der Waals surface area contributed by atoms with Gasteiger partial charge in [0.25, 0.3) is 0 Å². The summed E-state index contributed by atoms with van der Waals surface area (Å²) in [5.41, 5.74) is -5.01. The number of carbonyl (C=O) groups is 1. The summed E-state index contributed by atoms with van der Waals surface area (Å²) in [7, 11) is 2.48. The molecule has 0 aliphatic rings. The third-order valence-electron chi connectivity index (χ3n) is 6.91. The second-order valence-electron chi connectivity index (χ2n) is 10.5. The Morgan fingerprint density at radius 2 is 1.40 bits per heavy atom. The number of ether oxygens (including phenoxy) is 3. The van der Waals surface area contributed by atoms with Crippen LogP contribution in [0.25, 0.3) is 11.3 Å². The molecule has 0 unspecified atom stereocenters. The van der Waals surface area contributed by atoms with Crippen LogP contribution in [0, 0.1) is 0 Å². The molecule has 0 saturated carbocycles. The van der Waals surface area contributed by atoms with Gasteiger partial charge in [-0.25, -0.2) is 9.97 Å². The predicted molar refractivity (Wildman–Crippen MR) is 156 cm³/mol. The van der Waals surface area contributed by atoms with Gasteiger partial charge in [0, 0.05) is 25.1 Å². The second kappa shape index (κ2) is 15.0. The van der Waals surface area contributed by atoms with Crippen molar-refractivity contribution in [3.05, 3.63) is 82.8 Å². The van der Waals surface area contributed by atoms with Gasteiger partial charge in [0.2, 0.25) is 5.95 Å². The molecule has 10 nitrogen and oxygen atoms in total. The third-order valence-corrected chi connectivity index (χ3v) is 6.91. The number of carboxylic acids is 1. The molecular formula is C31H26F9N5O5. The van der Waals surface area contributed by atoms with Gasteiger partial charge in [-0.1, -0.05) is 6.07 Å². The maximum atomic E-state index is 13.9. The summed E-state index contributed by atoms with van der Waals surface area (Å²) in [6.07, 6.45) is -11.9. The zero-order valence-corrected chi connectivity index (χ0v) is 25.9. The molecule has 0 aliphatic carbocycles. The van der Waals surface area contributed by atoms with Crippen LogP contribution in [0.3, 0.4) is 0 Å². The Morgan fingerprint density at radius 1 is 0.780 bits per heavy atom. The van der Waals surface area contributed by atoms with Crippen molar-refractivity contribution in [2.75, 3.05) is 25.7 Å². The largest absolute Gasteiger partial charge is 0.493 e. The van der Waals surface area contributed by atoms with Crippen LogP contribution in [0.15, 0.2) is 55.0 Å². The van der Waals surface area contributed by atoms with Gasteiger partial charge >= 0.3 is 30.5 Å². The summed E-state index contributed by atoms with van der Waals surface area (Å²) >= 11 is 0. The number of anilines is 1. The summed E-state index contributed by atoms with van der Waals surface area (Å²) in [5.74, 6) is -1.34. The number of rotatable bonds is 13. The molecular weight excluding hydrogens is 693 g/mol. The van der Waals surface area contributed by atoms with Crippen molar-refractivity contribution in [3.8, 4) is 28.8 Å². The number of aromatic nitrogens is 4. The van der Waals surface area contributed by atoms with Crippen LogP contribution in [0.5, 0.6) is 17.5 Å². The second-order valence-corrected chi connectivity index (χ2v) is 10.5. The minimum atomic E-state index is -5.17. The molecule has 50 heavy (non-hydrogen) atoms. The van der Waals surface area contributed by atoms with Crippen molar-refractivity contribution < 1.29 is 63.6 Å². The smallest absolute Gasteiger partial charge is 0.416 e. The first kappa shape index (κ1) is 37.5. The van der Waals surface area contributed by atoms with Crippen LogP contribution >= 0.6 is 0 Å². The Kier molecular flexibility index (Phi) is 11.3. The van der Waals surface area contributed by atoms with E-state index in [4.69, 9.17) is 19.3 Å². The number of halogens is 9. The molecule has 0 amide bonds. The molecule has 19 heteroatoms. The standard InChI is InChI=1S/C31H26F9N5O5/c1-48-24-14-43-28(49-2)44-26(24)23-6-5-19(29(32,33)34)10-18(23)16-45(27-41-12-22(13-42-27)50-7-3-4-25(46)47)15-17-8-20(30(35,36)37)11-21(9-17)31(38,39)40/h5-6,8-14H,3-4,7,15-16H2,1-2H3,(H,46,47). The van der Waals surface area contributed by atoms with Gasteiger partial charge in [-0.2, -0.15) is 49.5 Å². The van der Waals surface area contributed by atoms with Crippen LogP contribution in [0.2, 0.25) is 0 Å². The molecule has 4 aromatic rings.